The van der Waals surface area contributed by atoms with Gasteiger partial charge in [-0.25, -0.2) is 0 Å². The molecule has 0 spiro atoms. The summed E-state index contributed by atoms with van der Waals surface area (Å²) >= 11 is 3.29. The molecule has 0 aromatic rings. The minimum atomic E-state index is -0.459. The van der Waals surface area contributed by atoms with Crippen molar-refractivity contribution in [1.29, 1.82) is 0 Å². The lowest BCUT2D eigenvalue weighted by Gasteiger charge is -2.17. The molecular formula is C8H17BrN2O. The molecule has 12 heavy (non-hydrogen) atoms. The van der Waals surface area contributed by atoms with Crippen LogP contribution in [0.2, 0.25) is 0 Å². The predicted octanol–water partition coefficient (Wildman–Crippen LogP) is 0.838. The topological polar surface area (TPSA) is 32.3 Å². The number of nitrogens with zero attached hydrogens (tertiary/aromatic N) is 1. The predicted molar refractivity (Wildman–Crippen MR) is 54.6 cm³/mol. The van der Waals surface area contributed by atoms with E-state index in [0.29, 0.717) is 6.54 Å². The molecule has 0 aliphatic carbocycles. The molecule has 0 radical (unpaired) electrons. The smallest absolute Gasteiger partial charge is 0.236 e. The molecular weight excluding hydrogens is 220 g/mol. The number of halogens is 1. The largest absolute Gasteiger partial charge is 0.354 e. The molecule has 0 aliphatic heterocycles. The lowest BCUT2D eigenvalue weighted by atomic mass is 10.2. The van der Waals surface area contributed by atoms with E-state index >= 15 is 0 Å². The van der Waals surface area contributed by atoms with E-state index in [1.54, 1.807) is 0 Å². The zero-order chi connectivity index (χ0) is 9.78. The van der Waals surface area contributed by atoms with E-state index < -0.39 is 4.32 Å². The molecule has 0 aromatic heterocycles. The molecule has 0 atom stereocenters. The van der Waals surface area contributed by atoms with Crippen molar-refractivity contribution in [3.8, 4) is 0 Å². The van der Waals surface area contributed by atoms with Crippen LogP contribution in [0.5, 0.6) is 0 Å². The summed E-state index contributed by atoms with van der Waals surface area (Å²) in [5, 5.41) is 2.83. The van der Waals surface area contributed by atoms with Gasteiger partial charge in [-0.2, -0.15) is 0 Å². The number of hydrogen-bond donors (Lipinski definition) is 1. The standard InChI is InChI=1S/C8H17BrN2O/c1-8(2,9)7(12)10-5-6-11(3)4/h5-6H2,1-4H3,(H,10,12). The summed E-state index contributed by atoms with van der Waals surface area (Å²) in [6, 6.07) is 0. The van der Waals surface area contributed by atoms with E-state index in [1.807, 2.05) is 32.8 Å². The first-order chi connectivity index (χ1) is 5.34. The normalized spacial score (nSPS) is 11.8. The quantitative estimate of drug-likeness (QED) is 0.735. The molecule has 3 nitrogen and oxygen atoms in total. The van der Waals surface area contributed by atoms with Crippen molar-refractivity contribution in [1.82, 2.24) is 10.2 Å². The molecule has 1 N–H and O–H groups in total. The second kappa shape index (κ2) is 4.82. The minimum absolute atomic E-state index is 0.0318. The highest BCUT2D eigenvalue weighted by Gasteiger charge is 2.22. The number of hydrogen-bond acceptors (Lipinski definition) is 2. The summed E-state index contributed by atoms with van der Waals surface area (Å²) in [6.07, 6.45) is 0. The van der Waals surface area contributed by atoms with Gasteiger partial charge in [0.1, 0.15) is 0 Å². The van der Waals surface area contributed by atoms with Crippen molar-refractivity contribution < 1.29 is 4.79 Å². The van der Waals surface area contributed by atoms with Crippen molar-refractivity contribution >= 4 is 21.8 Å². The van der Waals surface area contributed by atoms with Crippen LogP contribution in [0.25, 0.3) is 0 Å². The van der Waals surface area contributed by atoms with Gasteiger partial charge in [0.25, 0.3) is 0 Å². The zero-order valence-electron chi connectivity index (χ0n) is 8.15. The Morgan fingerprint density at radius 3 is 2.33 bits per heavy atom. The fourth-order valence-corrected chi connectivity index (χ4v) is 0.743. The summed E-state index contributed by atoms with van der Waals surface area (Å²) in [7, 11) is 3.96. The van der Waals surface area contributed by atoms with Crippen LogP contribution in [-0.2, 0) is 4.79 Å². The first-order valence-corrected chi connectivity index (χ1v) is 4.75. The van der Waals surface area contributed by atoms with E-state index in [2.05, 4.69) is 21.2 Å². The fraction of sp³-hybridized carbons (Fsp3) is 0.875. The molecule has 0 fully saturated rings. The molecule has 0 rings (SSSR count). The number of carbonyl (C=O) groups excluding carboxylic acids is 1. The fourth-order valence-electron chi connectivity index (χ4n) is 0.603. The van der Waals surface area contributed by atoms with Crippen molar-refractivity contribution in [3.63, 3.8) is 0 Å². The number of rotatable bonds is 4. The molecule has 0 heterocycles. The Labute approximate surface area is 82.6 Å². The maximum absolute atomic E-state index is 11.3. The number of nitrogens with one attached hydrogen (secondary N) is 1. The van der Waals surface area contributed by atoms with Gasteiger partial charge in [-0.3, -0.25) is 4.79 Å². The molecule has 4 heteroatoms. The van der Waals surface area contributed by atoms with Gasteiger partial charge in [-0.1, -0.05) is 15.9 Å². The maximum atomic E-state index is 11.3. The van der Waals surface area contributed by atoms with Crippen molar-refractivity contribution in [2.45, 2.75) is 18.2 Å². The Kier molecular flexibility index (Phi) is 4.78. The van der Waals surface area contributed by atoms with Gasteiger partial charge in [0, 0.05) is 13.1 Å². The van der Waals surface area contributed by atoms with Crippen molar-refractivity contribution in [2.24, 2.45) is 0 Å². The van der Waals surface area contributed by atoms with E-state index in [4.69, 9.17) is 0 Å². The Hall–Kier alpha value is -0.0900. The molecule has 0 unspecified atom stereocenters. The molecule has 0 aliphatic rings. The van der Waals surface area contributed by atoms with Crippen LogP contribution in [0.4, 0.5) is 0 Å². The van der Waals surface area contributed by atoms with Crippen LogP contribution in [-0.4, -0.2) is 42.3 Å². The van der Waals surface area contributed by atoms with Crippen LogP contribution >= 0.6 is 15.9 Å². The SMILES string of the molecule is CN(C)CCNC(=O)C(C)(C)Br. The van der Waals surface area contributed by atoms with E-state index in [9.17, 15) is 4.79 Å². The highest BCUT2D eigenvalue weighted by Crippen LogP contribution is 2.14. The van der Waals surface area contributed by atoms with Crippen LogP contribution in [0.15, 0.2) is 0 Å². The second-order valence-electron chi connectivity index (χ2n) is 3.53. The third-order valence-electron chi connectivity index (χ3n) is 1.38. The Balaban J connectivity index is 3.59. The summed E-state index contributed by atoms with van der Waals surface area (Å²) in [6.45, 7) is 5.23. The summed E-state index contributed by atoms with van der Waals surface area (Å²) in [5.74, 6) is 0.0318. The lowest BCUT2D eigenvalue weighted by molar-refractivity contribution is -0.122. The molecule has 1 amide bonds. The number of likely N-dealkylation sites (N-methyl/N-ethyl adjacent to an activating group) is 1. The summed E-state index contributed by atoms with van der Waals surface area (Å²) < 4.78 is -0.459. The van der Waals surface area contributed by atoms with Crippen LogP contribution in [0.3, 0.4) is 0 Å². The summed E-state index contributed by atoms with van der Waals surface area (Å²) in [4.78, 5) is 13.3. The second-order valence-corrected chi connectivity index (χ2v) is 5.51. The average Bonchev–Trinajstić information content (AvgIpc) is 1.84. The van der Waals surface area contributed by atoms with E-state index in [1.165, 1.54) is 0 Å². The maximum Gasteiger partial charge on any atom is 0.236 e. The number of amides is 1. The van der Waals surface area contributed by atoms with Gasteiger partial charge in [-0.05, 0) is 27.9 Å². The van der Waals surface area contributed by atoms with Gasteiger partial charge < -0.3 is 10.2 Å². The van der Waals surface area contributed by atoms with Crippen LogP contribution < -0.4 is 5.32 Å². The van der Waals surface area contributed by atoms with Gasteiger partial charge in [0.15, 0.2) is 0 Å². The molecule has 0 saturated carbocycles. The number of carbonyl (C=O) groups is 1. The van der Waals surface area contributed by atoms with Gasteiger partial charge in [0.2, 0.25) is 5.91 Å². The monoisotopic (exact) mass is 236 g/mol. The Morgan fingerprint density at radius 1 is 1.50 bits per heavy atom. The molecule has 0 aromatic carbocycles. The first kappa shape index (κ1) is 11.9. The third kappa shape index (κ3) is 5.55. The first-order valence-electron chi connectivity index (χ1n) is 3.96. The summed E-state index contributed by atoms with van der Waals surface area (Å²) in [5.41, 5.74) is 0. The van der Waals surface area contributed by atoms with Crippen molar-refractivity contribution in [2.75, 3.05) is 27.2 Å². The highest BCUT2D eigenvalue weighted by molar-refractivity contribution is 9.10. The highest BCUT2D eigenvalue weighted by atomic mass is 79.9. The Morgan fingerprint density at radius 2 is 2.00 bits per heavy atom. The van der Waals surface area contributed by atoms with Crippen LogP contribution in [0.1, 0.15) is 13.8 Å². The lowest BCUT2D eigenvalue weighted by Crippen LogP contribution is -2.40. The molecule has 0 saturated heterocycles. The van der Waals surface area contributed by atoms with E-state index in [0.717, 1.165) is 6.54 Å². The minimum Gasteiger partial charge on any atom is -0.354 e. The average molecular weight is 237 g/mol. The third-order valence-corrected chi connectivity index (χ3v) is 1.74. The van der Waals surface area contributed by atoms with E-state index in [-0.39, 0.29) is 5.91 Å². The number of alkyl halides is 1. The zero-order valence-corrected chi connectivity index (χ0v) is 9.73. The van der Waals surface area contributed by atoms with Gasteiger partial charge in [0.05, 0.1) is 4.32 Å². The Bertz CT molecular complexity index is 152. The van der Waals surface area contributed by atoms with Crippen molar-refractivity contribution in [3.05, 3.63) is 0 Å². The molecule has 0 bridgehead atoms. The van der Waals surface area contributed by atoms with Crippen LogP contribution in [0, 0.1) is 0 Å². The van der Waals surface area contributed by atoms with Gasteiger partial charge >= 0.3 is 0 Å². The van der Waals surface area contributed by atoms with Gasteiger partial charge in [-0.15, -0.1) is 0 Å². The molecule has 72 valence electrons.